The Morgan fingerprint density at radius 2 is 1.78 bits per heavy atom. The third kappa shape index (κ3) is 5.52. The Kier molecular flexibility index (Phi) is 7.16. The van der Waals surface area contributed by atoms with Crippen molar-refractivity contribution < 1.29 is 0 Å². The fraction of sp³-hybridized carbons (Fsp3) is 0.652. The molecule has 0 amide bonds. The van der Waals surface area contributed by atoms with E-state index in [2.05, 4.69) is 57.1 Å². The molecule has 3 nitrogen and oxygen atoms in total. The van der Waals surface area contributed by atoms with E-state index in [9.17, 15) is 0 Å². The molecule has 27 heavy (non-hydrogen) atoms. The Labute approximate surface area is 169 Å². The predicted molar refractivity (Wildman–Crippen MR) is 116 cm³/mol. The summed E-state index contributed by atoms with van der Waals surface area (Å²) in [6.07, 6.45) is 10.7. The van der Waals surface area contributed by atoms with Gasteiger partial charge in [-0.1, -0.05) is 30.3 Å². The van der Waals surface area contributed by atoms with Gasteiger partial charge in [-0.25, -0.2) is 0 Å². The zero-order valence-corrected chi connectivity index (χ0v) is 17.4. The van der Waals surface area contributed by atoms with E-state index in [0.717, 1.165) is 18.4 Å². The number of thioether (sulfide) groups is 1. The van der Waals surface area contributed by atoms with Crippen LogP contribution in [-0.4, -0.2) is 47.9 Å². The van der Waals surface area contributed by atoms with Gasteiger partial charge >= 0.3 is 0 Å². The van der Waals surface area contributed by atoms with Crippen LogP contribution in [0.3, 0.4) is 0 Å². The number of piperidine rings is 2. The highest BCUT2D eigenvalue weighted by Gasteiger charge is 2.31. The second-order valence-corrected chi connectivity index (χ2v) is 9.51. The van der Waals surface area contributed by atoms with Crippen LogP contribution < -0.4 is 5.32 Å². The minimum absolute atomic E-state index is 0.641. The maximum absolute atomic E-state index is 3.48. The van der Waals surface area contributed by atoms with E-state index in [1.165, 1.54) is 76.8 Å². The molecule has 2 saturated heterocycles. The molecule has 3 aliphatic heterocycles. The Bertz CT molecular complexity index is 577. The first-order valence-corrected chi connectivity index (χ1v) is 11.9. The van der Waals surface area contributed by atoms with Gasteiger partial charge in [-0.2, -0.15) is 0 Å². The third-order valence-electron chi connectivity index (χ3n) is 6.59. The highest BCUT2D eigenvalue weighted by Crippen LogP contribution is 2.37. The SMILES string of the molecule is C1=CN(Cc2ccccc2)C(C2CCN(CCCC3CCNCC3)CC2)S1. The lowest BCUT2D eigenvalue weighted by Crippen LogP contribution is -2.41. The fourth-order valence-corrected chi connectivity index (χ4v) is 6.09. The largest absolute Gasteiger partial charge is 0.360 e. The van der Waals surface area contributed by atoms with Crippen molar-refractivity contribution in [1.82, 2.24) is 15.1 Å². The molecule has 0 bridgehead atoms. The molecular formula is C23H35N3S. The summed E-state index contributed by atoms with van der Waals surface area (Å²) in [6.45, 7) is 7.44. The average molecular weight is 386 g/mol. The monoisotopic (exact) mass is 385 g/mol. The van der Waals surface area contributed by atoms with Crippen LogP contribution in [0.2, 0.25) is 0 Å². The van der Waals surface area contributed by atoms with Crippen LogP contribution >= 0.6 is 11.8 Å². The topological polar surface area (TPSA) is 18.5 Å². The van der Waals surface area contributed by atoms with E-state index >= 15 is 0 Å². The smallest absolute Gasteiger partial charge is 0.0818 e. The van der Waals surface area contributed by atoms with Crippen molar-refractivity contribution in [2.75, 3.05) is 32.7 Å². The highest BCUT2D eigenvalue weighted by molar-refractivity contribution is 8.02. The number of benzene rings is 1. The predicted octanol–water partition coefficient (Wildman–Crippen LogP) is 4.52. The summed E-state index contributed by atoms with van der Waals surface area (Å²) in [5.74, 6) is 1.81. The molecule has 0 saturated carbocycles. The van der Waals surface area contributed by atoms with Gasteiger partial charge in [0.05, 0.1) is 5.37 Å². The molecule has 1 N–H and O–H groups in total. The lowest BCUT2D eigenvalue weighted by molar-refractivity contribution is 0.145. The van der Waals surface area contributed by atoms with Crippen molar-refractivity contribution >= 4 is 11.8 Å². The van der Waals surface area contributed by atoms with Crippen LogP contribution in [0.25, 0.3) is 0 Å². The van der Waals surface area contributed by atoms with Gasteiger partial charge in [0, 0.05) is 12.7 Å². The number of rotatable bonds is 7. The number of nitrogens with one attached hydrogen (secondary N) is 1. The number of nitrogens with zero attached hydrogens (tertiary/aromatic N) is 2. The van der Waals surface area contributed by atoms with Crippen LogP contribution in [0.5, 0.6) is 0 Å². The van der Waals surface area contributed by atoms with Crippen LogP contribution in [-0.2, 0) is 6.54 Å². The number of hydrogen-bond donors (Lipinski definition) is 1. The molecule has 3 aliphatic rings. The second kappa shape index (κ2) is 9.99. The van der Waals surface area contributed by atoms with Crippen molar-refractivity contribution in [3.05, 3.63) is 47.5 Å². The molecule has 0 radical (unpaired) electrons. The molecule has 0 spiro atoms. The molecule has 4 heteroatoms. The van der Waals surface area contributed by atoms with E-state index in [0.29, 0.717) is 5.37 Å². The van der Waals surface area contributed by atoms with Gasteiger partial charge < -0.3 is 15.1 Å². The van der Waals surface area contributed by atoms with Gasteiger partial charge in [-0.05, 0) is 94.1 Å². The average Bonchev–Trinajstić information content (AvgIpc) is 3.18. The number of likely N-dealkylation sites (tertiary alicyclic amines) is 1. The van der Waals surface area contributed by atoms with E-state index in [-0.39, 0.29) is 0 Å². The zero-order chi connectivity index (χ0) is 18.3. The lowest BCUT2D eigenvalue weighted by atomic mass is 9.92. The van der Waals surface area contributed by atoms with Crippen molar-refractivity contribution in [3.8, 4) is 0 Å². The Hall–Kier alpha value is -0.970. The van der Waals surface area contributed by atoms with Crippen LogP contribution in [0, 0.1) is 11.8 Å². The van der Waals surface area contributed by atoms with Crippen LogP contribution in [0.15, 0.2) is 41.9 Å². The first-order chi connectivity index (χ1) is 13.4. The van der Waals surface area contributed by atoms with Gasteiger partial charge in [0.2, 0.25) is 0 Å². The van der Waals surface area contributed by atoms with Crippen LogP contribution in [0.4, 0.5) is 0 Å². The minimum Gasteiger partial charge on any atom is -0.360 e. The molecule has 3 heterocycles. The Balaban J connectivity index is 1.18. The fourth-order valence-electron chi connectivity index (χ4n) is 4.91. The third-order valence-corrected chi connectivity index (χ3v) is 7.80. The van der Waals surface area contributed by atoms with Crippen molar-refractivity contribution in [2.45, 2.75) is 50.4 Å². The molecular weight excluding hydrogens is 350 g/mol. The second-order valence-electron chi connectivity index (χ2n) is 8.48. The van der Waals surface area contributed by atoms with E-state index in [1.807, 2.05) is 11.8 Å². The maximum atomic E-state index is 3.48. The van der Waals surface area contributed by atoms with Gasteiger partial charge in [-0.3, -0.25) is 0 Å². The first-order valence-electron chi connectivity index (χ1n) is 10.9. The summed E-state index contributed by atoms with van der Waals surface area (Å²) in [7, 11) is 0. The van der Waals surface area contributed by atoms with Gasteiger partial charge in [0.15, 0.2) is 0 Å². The van der Waals surface area contributed by atoms with Gasteiger partial charge in [0.25, 0.3) is 0 Å². The summed E-state index contributed by atoms with van der Waals surface area (Å²) < 4.78 is 0. The molecule has 1 unspecified atom stereocenters. The molecule has 2 fully saturated rings. The zero-order valence-electron chi connectivity index (χ0n) is 16.6. The summed E-state index contributed by atoms with van der Waals surface area (Å²) in [6, 6.07) is 10.9. The molecule has 1 atom stereocenters. The summed E-state index contributed by atoms with van der Waals surface area (Å²) in [4.78, 5) is 5.30. The first kappa shape index (κ1) is 19.4. The molecule has 1 aromatic carbocycles. The molecule has 4 rings (SSSR count). The lowest BCUT2D eigenvalue weighted by Gasteiger charge is -2.38. The highest BCUT2D eigenvalue weighted by atomic mass is 32.2. The molecule has 0 aromatic heterocycles. The van der Waals surface area contributed by atoms with E-state index in [1.54, 1.807) is 0 Å². The normalized spacial score (nSPS) is 25.3. The molecule has 1 aromatic rings. The molecule has 148 valence electrons. The quantitative estimate of drug-likeness (QED) is 0.743. The standard InChI is InChI=1S/C23H35N3S/c1-2-5-21(6-3-1)19-26-17-18-27-23(26)22-10-15-25(16-11-22)14-4-7-20-8-12-24-13-9-20/h1-3,5-6,17-18,20,22-24H,4,7-16,19H2. The summed E-state index contributed by atoms with van der Waals surface area (Å²) in [5.41, 5.74) is 1.42. The Morgan fingerprint density at radius 1 is 1.00 bits per heavy atom. The maximum Gasteiger partial charge on any atom is 0.0818 e. The Morgan fingerprint density at radius 3 is 2.56 bits per heavy atom. The summed E-state index contributed by atoms with van der Waals surface area (Å²) >= 11 is 2.04. The van der Waals surface area contributed by atoms with Crippen LogP contribution in [0.1, 0.15) is 44.1 Å². The van der Waals surface area contributed by atoms with Crippen molar-refractivity contribution in [2.24, 2.45) is 11.8 Å². The molecule has 0 aliphatic carbocycles. The van der Waals surface area contributed by atoms with E-state index in [4.69, 9.17) is 0 Å². The van der Waals surface area contributed by atoms with Crippen molar-refractivity contribution in [3.63, 3.8) is 0 Å². The number of hydrogen-bond acceptors (Lipinski definition) is 4. The minimum atomic E-state index is 0.641. The van der Waals surface area contributed by atoms with Gasteiger partial charge in [0.1, 0.15) is 0 Å². The summed E-state index contributed by atoms with van der Waals surface area (Å²) in [5, 5.41) is 6.43. The van der Waals surface area contributed by atoms with Gasteiger partial charge in [-0.15, -0.1) is 11.8 Å². The van der Waals surface area contributed by atoms with E-state index < -0.39 is 0 Å². The van der Waals surface area contributed by atoms with Crippen molar-refractivity contribution in [1.29, 1.82) is 0 Å².